The molecule has 43 heavy (non-hydrogen) atoms. The zero-order valence-electron chi connectivity index (χ0n) is 22.6. The number of carbonyl (C=O) groups excluding carboxylic acids is 1. The lowest BCUT2D eigenvalue weighted by Crippen LogP contribution is -2.53. The number of hydrogen-bond donors (Lipinski definition) is 1. The monoisotopic (exact) mass is 634 g/mol. The molecule has 1 aliphatic rings. The first-order chi connectivity index (χ1) is 19.8. The van der Waals surface area contributed by atoms with Gasteiger partial charge in [0.05, 0.1) is 11.3 Å². The SMILES string of the molecule is CC1(NC(=O)Cc2ccncc2)CCC(c2ccc(C(F)(C(F)(F)F)C(F)(F)F)cc2)(S(=O)(=O)c2ccc(F)cc2)CC1. The molecule has 2 aromatic carbocycles. The first kappa shape index (κ1) is 32.4. The number of sulfone groups is 1. The van der Waals surface area contributed by atoms with Gasteiger partial charge in [0.15, 0.2) is 9.84 Å². The number of hydrogen-bond acceptors (Lipinski definition) is 4. The highest BCUT2D eigenvalue weighted by atomic mass is 32.2. The molecule has 0 aliphatic heterocycles. The Bertz CT molecular complexity index is 1530. The number of amides is 1. The number of halogens is 8. The summed E-state index contributed by atoms with van der Waals surface area (Å²) in [6, 6.07) is 9.16. The molecular formula is C29H26F8N2O3S. The summed E-state index contributed by atoms with van der Waals surface area (Å²) in [6.45, 7) is 1.69. The van der Waals surface area contributed by atoms with Crippen LogP contribution in [0.3, 0.4) is 0 Å². The highest BCUT2D eigenvalue weighted by Gasteiger charge is 2.73. The molecule has 4 rings (SSSR count). The maximum atomic E-state index is 14.7. The van der Waals surface area contributed by atoms with Crippen LogP contribution < -0.4 is 5.32 Å². The van der Waals surface area contributed by atoms with E-state index in [9.17, 15) is 48.3 Å². The Morgan fingerprint density at radius 1 is 0.814 bits per heavy atom. The van der Waals surface area contributed by atoms with Crippen molar-refractivity contribution < 1.29 is 48.3 Å². The molecule has 3 aromatic rings. The summed E-state index contributed by atoms with van der Waals surface area (Å²) in [5.74, 6) is -1.09. The van der Waals surface area contributed by atoms with Gasteiger partial charge in [-0.3, -0.25) is 9.78 Å². The van der Waals surface area contributed by atoms with Gasteiger partial charge in [0, 0.05) is 23.5 Å². The molecule has 0 saturated heterocycles. The number of carbonyl (C=O) groups is 1. The van der Waals surface area contributed by atoms with Gasteiger partial charge >= 0.3 is 18.0 Å². The van der Waals surface area contributed by atoms with Crippen molar-refractivity contribution >= 4 is 15.7 Å². The minimum atomic E-state index is -6.34. The lowest BCUT2D eigenvalue weighted by Gasteiger charge is -2.45. The molecule has 1 fully saturated rings. The van der Waals surface area contributed by atoms with Crippen molar-refractivity contribution in [3.8, 4) is 0 Å². The average molecular weight is 635 g/mol. The van der Waals surface area contributed by atoms with Gasteiger partial charge in [-0.1, -0.05) is 24.3 Å². The summed E-state index contributed by atoms with van der Waals surface area (Å²) >= 11 is 0. The number of nitrogens with one attached hydrogen (secondary N) is 1. The largest absolute Gasteiger partial charge is 0.435 e. The first-order valence-electron chi connectivity index (χ1n) is 13.0. The molecule has 0 radical (unpaired) electrons. The van der Waals surface area contributed by atoms with Crippen LogP contribution in [-0.2, 0) is 31.5 Å². The summed E-state index contributed by atoms with van der Waals surface area (Å²) in [5, 5.41) is 2.89. The van der Waals surface area contributed by atoms with Crippen LogP contribution >= 0.6 is 0 Å². The quantitative estimate of drug-likeness (QED) is 0.227. The molecular weight excluding hydrogens is 608 g/mol. The standard InChI is InChI=1S/C29H26F8N2O3S/c1-25(39-24(40)18-19-10-16-38-17-11-19)12-14-26(15-13-25,43(41,42)23-8-6-22(30)7-9-23)20-2-4-21(5-3-20)27(31,28(32,33)34)29(35,36)37/h2-11,16-17H,12-15,18H2,1H3,(H,39,40). The van der Waals surface area contributed by atoms with Crippen LogP contribution in [0.5, 0.6) is 0 Å². The third kappa shape index (κ3) is 5.98. The molecule has 0 bridgehead atoms. The second kappa shape index (κ2) is 11.2. The molecule has 0 unspecified atom stereocenters. The van der Waals surface area contributed by atoms with Crippen molar-refractivity contribution in [2.24, 2.45) is 0 Å². The number of rotatable bonds is 7. The van der Waals surface area contributed by atoms with Crippen LogP contribution in [0.1, 0.15) is 49.3 Å². The Kier molecular flexibility index (Phi) is 8.42. The van der Waals surface area contributed by atoms with Crippen molar-refractivity contribution in [2.75, 3.05) is 0 Å². The van der Waals surface area contributed by atoms with E-state index in [1.165, 1.54) is 12.4 Å². The highest BCUT2D eigenvalue weighted by molar-refractivity contribution is 7.92. The molecule has 0 spiro atoms. The molecule has 1 N–H and O–H groups in total. The Morgan fingerprint density at radius 2 is 1.33 bits per heavy atom. The van der Waals surface area contributed by atoms with E-state index in [0.717, 1.165) is 36.4 Å². The number of alkyl halides is 7. The third-order valence-electron chi connectivity index (χ3n) is 7.94. The zero-order chi connectivity index (χ0) is 31.9. The van der Waals surface area contributed by atoms with Crippen LogP contribution in [0, 0.1) is 5.82 Å². The maximum absolute atomic E-state index is 14.7. The van der Waals surface area contributed by atoms with E-state index in [1.807, 2.05) is 0 Å². The number of pyridine rings is 1. The first-order valence-corrected chi connectivity index (χ1v) is 14.5. The van der Waals surface area contributed by atoms with Crippen molar-refractivity contribution in [2.45, 2.75) is 72.2 Å². The summed E-state index contributed by atoms with van der Waals surface area (Å²) in [6.07, 6.45) is -9.96. The third-order valence-corrected chi connectivity index (χ3v) is 10.5. The fraction of sp³-hybridized carbons (Fsp3) is 0.379. The molecule has 0 atom stereocenters. The highest BCUT2D eigenvalue weighted by Crippen LogP contribution is 2.54. The smallest absolute Gasteiger partial charge is 0.351 e. The van der Waals surface area contributed by atoms with E-state index in [-0.39, 0.29) is 60.6 Å². The van der Waals surface area contributed by atoms with E-state index in [4.69, 9.17) is 0 Å². The van der Waals surface area contributed by atoms with E-state index in [2.05, 4.69) is 10.3 Å². The molecule has 1 heterocycles. The zero-order valence-corrected chi connectivity index (χ0v) is 23.4. The summed E-state index contributed by atoms with van der Waals surface area (Å²) in [5.41, 5.74) is -7.84. The number of benzene rings is 2. The van der Waals surface area contributed by atoms with Crippen LogP contribution in [-0.4, -0.2) is 37.2 Å². The van der Waals surface area contributed by atoms with E-state index < -0.39 is 49.5 Å². The van der Waals surface area contributed by atoms with Crippen molar-refractivity contribution in [1.82, 2.24) is 10.3 Å². The second-order valence-corrected chi connectivity index (χ2v) is 13.1. The average Bonchev–Trinajstić information content (AvgIpc) is 2.92. The van der Waals surface area contributed by atoms with E-state index in [1.54, 1.807) is 19.1 Å². The van der Waals surface area contributed by atoms with Gasteiger partial charge in [-0.15, -0.1) is 0 Å². The van der Waals surface area contributed by atoms with Gasteiger partial charge in [-0.05, 0) is 80.1 Å². The fourth-order valence-corrected chi connectivity index (χ4v) is 7.57. The van der Waals surface area contributed by atoms with Crippen molar-refractivity contribution in [3.63, 3.8) is 0 Å². The molecule has 1 aromatic heterocycles. The molecule has 1 aliphatic carbocycles. The Hall–Kier alpha value is -3.55. The summed E-state index contributed by atoms with van der Waals surface area (Å²) in [7, 11) is -4.45. The van der Waals surface area contributed by atoms with Crippen molar-refractivity contribution in [1.29, 1.82) is 0 Å². The molecule has 5 nitrogen and oxygen atoms in total. The van der Waals surface area contributed by atoms with E-state index >= 15 is 0 Å². The van der Waals surface area contributed by atoms with Crippen molar-refractivity contribution in [3.05, 3.63) is 95.6 Å². The van der Waals surface area contributed by atoms with E-state index in [0.29, 0.717) is 5.56 Å². The topological polar surface area (TPSA) is 76.1 Å². The van der Waals surface area contributed by atoms with Crippen LogP contribution in [0.15, 0.2) is 78.0 Å². The van der Waals surface area contributed by atoms with Gasteiger partial charge in [-0.2, -0.15) is 26.3 Å². The summed E-state index contributed by atoms with van der Waals surface area (Å²) < 4.78 is 134. The maximum Gasteiger partial charge on any atom is 0.435 e. The van der Waals surface area contributed by atoms with Gasteiger partial charge < -0.3 is 5.32 Å². The molecule has 14 heteroatoms. The normalized spacial score (nSPS) is 21.8. The molecule has 1 saturated carbocycles. The summed E-state index contributed by atoms with van der Waals surface area (Å²) in [4.78, 5) is 16.3. The Balaban J connectivity index is 1.72. The number of nitrogens with zero attached hydrogens (tertiary/aromatic N) is 1. The minimum absolute atomic E-state index is 0.0159. The molecule has 232 valence electrons. The van der Waals surface area contributed by atoms with Crippen LogP contribution in [0.2, 0.25) is 0 Å². The van der Waals surface area contributed by atoms with Gasteiger partial charge in [0.25, 0.3) is 0 Å². The Morgan fingerprint density at radius 3 is 1.81 bits per heavy atom. The van der Waals surface area contributed by atoms with Gasteiger partial charge in [-0.25, -0.2) is 17.2 Å². The number of aromatic nitrogens is 1. The fourth-order valence-electron chi connectivity index (χ4n) is 5.44. The second-order valence-electron chi connectivity index (χ2n) is 10.8. The van der Waals surface area contributed by atoms with Crippen LogP contribution in [0.4, 0.5) is 35.1 Å². The Labute approximate surface area is 242 Å². The van der Waals surface area contributed by atoms with Crippen LogP contribution in [0.25, 0.3) is 0 Å². The minimum Gasteiger partial charge on any atom is -0.351 e. The molecule has 1 amide bonds. The van der Waals surface area contributed by atoms with Gasteiger partial charge in [0.1, 0.15) is 10.6 Å². The van der Waals surface area contributed by atoms with Gasteiger partial charge in [0.2, 0.25) is 5.91 Å². The lowest BCUT2D eigenvalue weighted by atomic mass is 9.74. The lowest BCUT2D eigenvalue weighted by molar-refractivity contribution is -0.348. The predicted octanol–water partition coefficient (Wildman–Crippen LogP) is 6.87. The predicted molar refractivity (Wildman–Crippen MR) is 140 cm³/mol.